The highest BCUT2D eigenvalue weighted by molar-refractivity contribution is 5.76. The predicted octanol–water partition coefficient (Wildman–Crippen LogP) is 3.79. The second-order valence-corrected chi connectivity index (χ2v) is 7.80. The van der Waals surface area contributed by atoms with Crippen LogP contribution in [0, 0.1) is 11.3 Å². The van der Waals surface area contributed by atoms with Gasteiger partial charge in [-0.15, -0.1) is 0 Å². The Labute approximate surface area is 138 Å². The second kappa shape index (κ2) is 5.20. The van der Waals surface area contributed by atoms with Crippen LogP contribution in [-0.4, -0.2) is 22.3 Å². The molecule has 2 N–H and O–H groups in total. The van der Waals surface area contributed by atoms with Crippen molar-refractivity contribution in [2.75, 3.05) is 0 Å². The number of aliphatic hydroxyl groups excluding tert-OH is 1. The summed E-state index contributed by atoms with van der Waals surface area (Å²) in [5, 5.41) is 20.2. The first-order valence-corrected chi connectivity index (χ1v) is 8.42. The van der Waals surface area contributed by atoms with Gasteiger partial charge in [0.2, 0.25) is 0 Å². The summed E-state index contributed by atoms with van der Waals surface area (Å²) in [6, 6.07) is 6.46. The van der Waals surface area contributed by atoms with Crippen LogP contribution in [0.3, 0.4) is 0 Å². The van der Waals surface area contributed by atoms with Gasteiger partial charge in [-0.1, -0.05) is 37.3 Å². The van der Waals surface area contributed by atoms with Crippen LogP contribution in [0.5, 0.6) is 0 Å². The molecule has 0 aromatic heterocycles. The van der Waals surface area contributed by atoms with Crippen molar-refractivity contribution in [1.29, 1.82) is 0 Å². The third-order valence-corrected chi connectivity index (χ3v) is 6.50. The Hall–Kier alpha value is -1.61. The number of aryl methyl sites for hydroxylation is 1. The standard InChI is InChI=1S/C20H26O3/c1-12(2)13-5-7-15-14(11-13)6-8-16-19(15,3)10-9-17(21)20(16,4)18(22)23/h5,7,11,16-17,21H,1,6,8-10H2,2-4H3,(H,22,23)/t16-,17+,19-,20+/m1/s1. The van der Waals surface area contributed by atoms with Crippen LogP contribution in [-0.2, 0) is 16.6 Å². The SMILES string of the molecule is C=C(C)c1ccc2c(c1)CC[C@H]1[C@](C)(C(=O)O)[C@@H](O)CC[C@]21C. The maximum Gasteiger partial charge on any atom is 0.312 e. The van der Waals surface area contributed by atoms with Crippen molar-refractivity contribution in [1.82, 2.24) is 0 Å². The normalized spacial score (nSPS) is 36.0. The molecule has 0 unspecified atom stereocenters. The molecule has 124 valence electrons. The number of carbonyl (C=O) groups is 1. The maximum atomic E-state index is 12.0. The Morgan fingerprint density at radius 1 is 1.30 bits per heavy atom. The van der Waals surface area contributed by atoms with Crippen molar-refractivity contribution < 1.29 is 15.0 Å². The summed E-state index contributed by atoms with van der Waals surface area (Å²) in [5.41, 5.74) is 3.52. The minimum atomic E-state index is -1.07. The summed E-state index contributed by atoms with van der Waals surface area (Å²) < 4.78 is 0. The van der Waals surface area contributed by atoms with Crippen LogP contribution in [0.25, 0.3) is 5.57 Å². The first-order valence-electron chi connectivity index (χ1n) is 8.42. The van der Waals surface area contributed by atoms with Crippen LogP contribution in [0.15, 0.2) is 24.8 Å². The van der Waals surface area contributed by atoms with Crippen molar-refractivity contribution in [3.63, 3.8) is 0 Å². The first-order chi connectivity index (χ1) is 10.7. The lowest BCUT2D eigenvalue weighted by molar-refractivity contribution is -0.171. The van der Waals surface area contributed by atoms with Crippen LogP contribution in [0.4, 0.5) is 0 Å². The van der Waals surface area contributed by atoms with Gasteiger partial charge in [-0.2, -0.15) is 0 Å². The molecule has 0 heterocycles. The Morgan fingerprint density at radius 2 is 2.00 bits per heavy atom. The Bertz CT molecular complexity index is 677. The molecule has 23 heavy (non-hydrogen) atoms. The number of benzene rings is 1. The monoisotopic (exact) mass is 314 g/mol. The van der Waals surface area contributed by atoms with Crippen LogP contribution >= 0.6 is 0 Å². The number of carboxylic acid groups (broad SMARTS) is 1. The molecule has 1 aromatic rings. The van der Waals surface area contributed by atoms with Gasteiger partial charge in [-0.05, 0) is 67.6 Å². The Morgan fingerprint density at radius 3 is 2.61 bits per heavy atom. The lowest BCUT2D eigenvalue weighted by Crippen LogP contribution is -2.58. The zero-order chi connectivity index (χ0) is 17.0. The van der Waals surface area contributed by atoms with Crippen molar-refractivity contribution in [3.8, 4) is 0 Å². The highest BCUT2D eigenvalue weighted by Crippen LogP contribution is 2.57. The maximum absolute atomic E-state index is 12.0. The van der Waals surface area contributed by atoms with E-state index in [1.807, 2.05) is 6.92 Å². The molecule has 2 aliphatic rings. The molecule has 0 bridgehead atoms. The van der Waals surface area contributed by atoms with Crippen molar-refractivity contribution >= 4 is 11.5 Å². The van der Waals surface area contributed by atoms with Gasteiger partial charge in [0.05, 0.1) is 11.5 Å². The van der Waals surface area contributed by atoms with Crippen molar-refractivity contribution in [2.24, 2.45) is 11.3 Å². The van der Waals surface area contributed by atoms with E-state index in [1.54, 1.807) is 6.92 Å². The third-order valence-electron chi connectivity index (χ3n) is 6.50. The Kier molecular flexibility index (Phi) is 3.68. The van der Waals surface area contributed by atoms with E-state index in [0.717, 1.165) is 30.4 Å². The Balaban J connectivity index is 2.11. The van der Waals surface area contributed by atoms with E-state index in [-0.39, 0.29) is 11.3 Å². The summed E-state index contributed by atoms with van der Waals surface area (Å²) in [7, 11) is 0. The zero-order valence-electron chi connectivity index (χ0n) is 14.2. The summed E-state index contributed by atoms with van der Waals surface area (Å²) >= 11 is 0. The van der Waals surface area contributed by atoms with Gasteiger partial charge in [-0.25, -0.2) is 0 Å². The minimum Gasteiger partial charge on any atom is -0.481 e. The number of rotatable bonds is 2. The molecule has 3 nitrogen and oxygen atoms in total. The van der Waals surface area contributed by atoms with Gasteiger partial charge >= 0.3 is 5.97 Å². The summed E-state index contributed by atoms with van der Waals surface area (Å²) in [5.74, 6) is -0.914. The highest BCUT2D eigenvalue weighted by atomic mass is 16.4. The molecule has 1 saturated carbocycles. The molecular formula is C20H26O3. The average Bonchev–Trinajstić information content (AvgIpc) is 2.50. The average molecular weight is 314 g/mol. The number of carboxylic acids is 1. The van der Waals surface area contributed by atoms with Gasteiger partial charge in [0.15, 0.2) is 0 Å². The van der Waals surface area contributed by atoms with E-state index in [9.17, 15) is 15.0 Å². The van der Waals surface area contributed by atoms with Gasteiger partial charge < -0.3 is 10.2 Å². The van der Waals surface area contributed by atoms with E-state index in [4.69, 9.17) is 0 Å². The van der Waals surface area contributed by atoms with Gasteiger partial charge in [0.1, 0.15) is 0 Å². The summed E-state index contributed by atoms with van der Waals surface area (Å²) in [4.78, 5) is 12.0. The molecule has 0 aliphatic heterocycles. The molecule has 0 amide bonds. The fourth-order valence-electron chi connectivity index (χ4n) is 4.96. The van der Waals surface area contributed by atoms with Crippen molar-refractivity contribution in [3.05, 3.63) is 41.5 Å². The fourth-order valence-corrected chi connectivity index (χ4v) is 4.96. The number of hydrogen-bond acceptors (Lipinski definition) is 2. The molecule has 0 radical (unpaired) electrons. The summed E-state index contributed by atoms with van der Waals surface area (Å²) in [6.07, 6.45) is 2.28. The van der Waals surface area contributed by atoms with E-state index in [2.05, 4.69) is 31.7 Å². The molecular weight excluding hydrogens is 288 g/mol. The molecule has 4 atom stereocenters. The van der Waals surface area contributed by atoms with Crippen LogP contribution in [0.1, 0.15) is 56.7 Å². The van der Waals surface area contributed by atoms with Gasteiger partial charge in [0, 0.05) is 0 Å². The minimum absolute atomic E-state index is 0.0422. The van der Waals surface area contributed by atoms with Crippen LogP contribution in [0.2, 0.25) is 0 Å². The molecule has 1 aromatic carbocycles. The third kappa shape index (κ3) is 2.17. The molecule has 0 saturated heterocycles. The molecule has 3 rings (SSSR count). The number of aliphatic carboxylic acids is 1. The molecule has 0 spiro atoms. The predicted molar refractivity (Wildman–Crippen MR) is 91.3 cm³/mol. The highest BCUT2D eigenvalue weighted by Gasteiger charge is 2.59. The molecule has 1 fully saturated rings. The molecule has 2 aliphatic carbocycles. The number of fused-ring (bicyclic) bond motifs is 3. The van der Waals surface area contributed by atoms with E-state index < -0.39 is 17.5 Å². The largest absolute Gasteiger partial charge is 0.481 e. The number of allylic oxidation sites excluding steroid dienone is 1. The fraction of sp³-hybridized carbons (Fsp3) is 0.550. The number of hydrogen-bond donors (Lipinski definition) is 2. The molecule has 3 heteroatoms. The first kappa shape index (κ1) is 16.3. The van der Waals surface area contributed by atoms with E-state index in [0.29, 0.717) is 6.42 Å². The van der Waals surface area contributed by atoms with Crippen molar-refractivity contribution in [2.45, 2.75) is 58.0 Å². The lowest BCUT2D eigenvalue weighted by Gasteiger charge is -2.55. The zero-order valence-corrected chi connectivity index (χ0v) is 14.2. The second-order valence-electron chi connectivity index (χ2n) is 7.80. The smallest absolute Gasteiger partial charge is 0.312 e. The topological polar surface area (TPSA) is 57.5 Å². The number of aliphatic hydroxyl groups is 1. The van der Waals surface area contributed by atoms with Crippen LogP contribution < -0.4 is 0 Å². The quantitative estimate of drug-likeness (QED) is 0.873. The summed E-state index contributed by atoms with van der Waals surface area (Å²) in [6.45, 7) is 9.94. The van der Waals surface area contributed by atoms with E-state index >= 15 is 0 Å². The van der Waals surface area contributed by atoms with Gasteiger partial charge in [-0.3, -0.25) is 4.79 Å². The lowest BCUT2D eigenvalue weighted by atomic mass is 9.49. The van der Waals surface area contributed by atoms with Gasteiger partial charge in [0.25, 0.3) is 0 Å². The van der Waals surface area contributed by atoms with E-state index in [1.165, 1.54) is 11.1 Å².